The van der Waals surface area contributed by atoms with Gasteiger partial charge in [0.2, 0.25) is 0 Å². The van der Waals surface area contributed by atoms with Crippen LogP contribution in [0.1, 0.15) is 30.1 Å². The number of carbonyl (C=O) groups excluding carboxylic acids is 1. The molecule has 2 aromatic carbocycles. The lowest BCUT2D eigenvalue weighted by molar-refractivity contribution is -0.143. The van der Waals surface area contributed by atoms with Crippen molar-refractivity contribution < 1.29 is 13.9 Å². The predicted octanol–water partition coefficient (Wildman–Crippen LogP) is 3.39. The van der Waals surface area contributed by atoms with Gasteiger partial charge in [0.25, 0.3) is 0 Å². The van der Waals surface area contributed by atoms with Gasteiger partial charge >= 0.3 is 5.97 Å². The van der Waals surface area contributed by atoms with Crippen LogP contribution < -0.4 is 5.32 Å². The van der Waals surface area contributed by atoms with E-state index in [4.69, 9.17) is 4.74 Å². The zero-order valence-corrected chi connectivity index (χ0v) is 12.0. The number of ether oxygens (including phenoxy) is 1. The van der Waals surface area contributed by atoms with E-state index >= 15 is 0 Å². The summed E-state index contributed by atoms with van der Waals surface area (Å²) in [5.41, 5.74) is 1.30. The smallest absolute Gasteiger partial charge is 0.327 e. The molecular weight excluding hydrogens is 269 g/mol. The number of rotatable bonds is 5. The van der Waals surface area contributed by atoms with E-state index in [1.54, 1.807) is 18.2 Å². The van der Waals surface area contributed by atoms with Gasteiger partial charge in [-0.05, 0) is 18.6 Å². The maximum atomic E-state index is 13.8. The third kappa shape index (κ3) is 3.67. The average molecular weight is 287 g/mol. The first-order chi connectivity index (χ1) is 10.1. The lowest BCUT2D eigenvalue weighted by atomic mass is 10.0. The normalized spacial score (nSPS) is 13.5. The summed E-state index contributed by atoms with van der Waals surface area (Å²) in [4.78, 5) is 12.0. The van der Waals surface area contributed by atoms with E-state index in [1.807, 2.05) is 37.3 Å². The van der Waals surface area contributed by atoms with E-state index in [-0.39, 0.29) is 11.9 Å². The Hall–Kier alpha value is -2.20. The quantitative estimate of drug-likeness (QED) is 0.857. The van der Waals surface area contributed by atoms with Crippen LogP contribution in [-0.2, 0) is 9.53 Å². The number of carbonyl (C=O) groups is 1. The Morgan fingerprint density at radius 1 is 1.10 bits per heavy atom. The zero-order valence-electron chi connectivity index (χ0n) is 12.0. The van der Waals surface area contributed by atoms with Gasteiger partial charge in [-0.15, -0.1) is 0 Å². The maximum absolute atomic E-state index is 13.8. The highest BCUT2D eigenvalue weighted by atomic mass is 19.1. The second kappa shape index (κ2) is 6.99. The fourth-order valence-corrected chi connectivity index (χ4v) is 2.23. The molecule has 0 amide bonds. The molecule has 2 unspecified atom stereocenters. The van der Waals surface area contributed by atoms with Crippen molar-refractivity contribution in [3.8, 4) is 0 Å². The molecule has 4 heteroatoms. The van der Waals surface area contributed by atoms with E-state index in [0.29, 0.717) is 5.56 Å². The molecule has 0 radical (unpaired) electrons. The summed E-state index contributed by atoms with van der Waals surface area (Å²) in [6.45, 7) is 1.82. The minimum Gasteiger partial charge on any atom is -0.468 e. The summed E-state index contributed by atoms with van der Waals surface area (Å²) in [7, 11) is 1.34. The Morgan fingerprint density at radius 3 is 2.33 bits per heavy atom. The van der Waals surface area contributed by atoms with Crippen LogP contribution in [0.25, 0.3) is 0 Å². The zero-order chi connectivity index (χ0) is 15.2. The van der Waals surface area contributed by atoms with Gasteiger partial charge in [-0.1, -0.05) is 48.5 Å². The second-order valence-electron chi connectivity index (χ2n) is 4.78. The van der Waals surface area contributed by atoms with Gasteiger partial charge in [0.15, 0.2) is 0 Å². The number of nitrogens with one attached hydrogen (secondary N) is 1. The van der Waals surface area contributed by atoms with Gasteiger partial charge in [0, 0.05) is 11.6 Å². The minimum atomic E-state index is -0.634. The van der Waals surface area contributed by atoms with Crippen molar-refractivity contribution >= 4 is 5.97 Å². The second-order valence-corrected chi connectivity index (χ2v) is 4.78. The molecule has 3 nitrogen and oxygen atoms in total. The minimum absolute atomic E-state index is 0.297. The Bertz CT molecular complexity index is 601. The molecule has 2 rings (SSSR count). The standard InChI is InChI=1S/C17H18FNO2/c1-12(14-10-6-7-11-15(14)18)19-16(17(20)21-2)13-8-4-3-5-9-13/h3-12,16,19H,1-2H3. The first-order valence-electron chi connectivity index (χ1n) is 6.76. The molecule has 0 fully saturated rings. The Morgan fingerprint density at radius 2 is 1.71 bits per heavy atom. The summed E-state index contributed by atoms with van der Waals surface area (Å²) >= 11 is 0. The topological polar surface area (TPSA) is 38.3 Å². The number of benzene rings is 2. The lowest BCUT2D eigenvalue weighted by Gasteiger charge is -2.22. The third-order valence-corrected chi connectivity index (χ3v) is 3.36. The molecular formula is C17H18FNO2. The molecule has 0 saturated heterocycles. The average Bonchev–Trinajstić information content (AvgIpc) is 2.53. The van der Waals surface area contributed by atoms with Crippen molar-refractivity contribution in [1.82, 2.24) is 5.32 Å². The molecule has 2 aromatic rings. The van der Waals surface area contributed by atoms with Crippen LogP contribution in [0.4, 0.5) is 4.39 Å². The van der Waals surface area contributed by atoms with Crippen molar-refractivity contribution in [3.05, 3.63) is 71.5 Å². The van der Waals surface area contributed by atoms with E-state index < -0.39 is 12.0 Å². The third-order valence-electron chi connectivity index (χ3n) is 3.36. The molecule has 0 aromatic heterocycles. The van der Waals surface area contributed by atoms with Gasteiger partial charge in [0.05, 0.1) is 7.11 Å². The lowest BCUT2D eigenvalue weighted by Crippen LogP contribution is -2.32. The van der Waals surface area contributed by atoms with Gasteiger partial charge in [-0.2, -0.15) is 0 Å². The molecule has 21 heavy (non-hydrogen) atoms. The number of methoxy groups -OCH3 is 1. The molecule has 0 aliphatic heterocycles. The van der Waals surface area contributed by atoms with Gasteiger partial charge < -0.3 is 4.74 Å². The Labute approximate surface area is 123 Å². The van der Waals surface area contributed by atoms with Crippen molar-refractivity contribution in [1.29, 1.82) is 0 Å². The monoisotopic (exact) mass is 287 g/mol. The van der Waals surface area contributed by atoms with Crippen molar-refractivity contribution in [2.24, 2.45) is 0 Å². The van der Waals surface area contributed by atoms with E-state index in [9.17, 15) is 9.18 Å². The highest BCUT2D eigenvalue weighted by Gasteiger charge is 2.24. The van der Waals surface area contributed by atoms with E-state index in [2.05, 4.69) is 5.32 Å². The maximum Gasteiger partial charge on any atom is 0.327 e. The van der Waals surface area contributed by atoms with Crippen LogP contribution in [0, 0.1) is 5.82 Å². The van der Waals surface area contributed by atoms with Gasteiger partial charge in [-0.25, -0.2) is 9.18 Å². The van der Waals surface area contributed by atoms with Crippen LogP contribution in [0.3, 0.4) is 0 Å². The largest absolute Gasteiger partial charge is 0.468 e. The number of hydrogen-bond acceptors (Lipinski definition) is 3. The molecule has 0 spiro atoms. The summed E-state index contributed by atoms with van der Waals surface area (Å²) in [6.07, 6.45) is 0. The van der Waals surface area contributed by atoms with Crippen LogP contribution in [0.15, 0.2) is 54.6 Å². The SMILES string of the molecule is COC(=O)C(NC(C)c1ccccc1F)c1ccccc1. The van der Waals surface area contributed by atoms with Crippen LogP contribution in [0.5, 0.6) is 0 Å². The molecule has 0 bridgehead atoms. The highest BCUT2D eigenvalue weighted by Crippen LogP contribution is 2.22. The fraction of sp³-hybridized carbons (Fsp3) is 0.235. The molecule has 0 aliphatic carbocycles. The number of halogens is 1. The Balaban J connectivity index is 2.24. The summed E-state index contributed by atoms with van der Waals surface area (Å²) in [5, 5.41) is 3.13. The molecule has 0 aliphatic rings. The first-order valence-corrected chi connectivity index (χ1v) is 6.76. The van der Waals surface area contributed by atoms with E-state index in [0.717, 1.165) is 5.56 Å². The molecule has 0 heterocycles. The van der Waals surface area contributed by atoms with Crippen molar-refractivity contribution in [3.63, 3.8) is 0 Å². The van der Waals surface area contributed by atoms with Gasteiger partial charge in [-0.3, -0.25) is 5.32 Å². The van der Waals surface area contributed by atoms with E-state index in [1.165, 1.54) is 13.2 Å². The molecule has 2 atom stereocenters. The number of esters is 1. The summed E-state index contributed by atoms with van der Waals surface area (Å²) < 4.78 is 18.7. The fourth-order valence-electron chi connectivity index (χ4n) is 2.23. The number of hydrogen-bond donors (Lipinski definition) is 1. The van der Waals surface area contributed by atoms with Crippen LogP contribution in [0.2, 0.25) is 0 Å². The summed E-state index contributed by atoms with van der Waals surface area (Å²) in [5.74, 6) is -0.696. The predicted molar refractivity (Wildman–Crippen MR) is 79.1 cm³/mol. The van der Waals surface area contributed by atoms with Crippen LogP contribution in [-0.4, -0.2) is 13.1 Å². The van der Waals surface area contributed by atoms with Gasteiger partial charge in [0.1, 0.15) is 11.9 Å². The molecule has 1 N–H and O–H groups in total. The Kier molecular flexibility index (Phi) is 5.06. The van der Waals surface area contributed by atoms with Crippen molar-refractivity contribution in [2.45, 2.75) is 19.0 Å². The van der Waals surface area contributed by atoms with Crippen LogP contribution >= 0.6 is 0 Å². The molecule has 110 valence electrons. The highest BCUT2D eigenvalue weighted by molar-refractivity contribution is 5.77. The molecule has 0 saturated carbocycles. The first kappa shape index (κ1) is 15.2. The summed E-state index contributed by atoms with van der Waals surface area (Å²) in [6, 6.07) is 14.8. The van der Waals surface area contributed by atoms with Crippen molar-refractivity contribution in [2.75, 3.05) is 7.11 Å².